The van der Waals surface area contributed by atoms with Crippen LogP contribution in [0.4, 0.5) is 5.82 Å². The van der Waals surface area contributed by atoms with E-state index in [1.54, 1.807) is 6.92 Å². The highest BCUT2D eigenvalue weighted by Crippen LogP contribution is 2.28. The molecular weight excluding hydrogens is 212 g/mol. The molecule has 0 amide bonds. The fourth-order valence-corrected chi connectivity index (χ4v) is 2.55. The zero-order valence-electron chi connectivity index (χ0n) is 10.8. The van der Waals surface area contributed by atoms with E-state index in [1.807, 2.05) is 18.3 Å². The number of nitrogens with zero attached hydrogens (tertiary/aromatic N) is 2. The van der Waals surface area contributed by atoms with Crippen LogP contribution in [0.5, 0.6) is 0 Å². The number of aliphatic hydroxyl groups excluding tert-OH is 1. The van der Waals surface area contributed by atoms with Crippen molar-refractivity contribution in [1.82, 2.24) is 4.98 Å². The summed E-state index contributed by atoms with van der Waals surface area (Å²) in [5.74, 6) is 1.84. The van der Waals surface area contributed by atoms with Gasteiger partial charge in [0.1, 0.15) is 5.82 Å². The van der Waals surface area contributed by atoms with Crippen molar-refractivity contribution < 1.29 is 5.11 Å². The van der Waals surface area contributed by atoms with Crippen LogP contribution in [-0.2, 0) is 0 Å². The second kappa shape index (κ2) is 5.50. The minimum atomic E-state index is -0.442. The monoisotopic (exact) mass is 234 g/mol. The van der Waals surface area contributed by atoms with Gasteiger partial charge >= 0.3 is 0 Å². The molecule has 0 saturated carbocycles. The van der Waals surface area contributed by atoms with Gasteiger partial charge in [-0.25, -0.2) is 4.98 Å². The minimum absolute atomic E-state index is 0.442. The number of anilines is 1. The Balaban J connectivity index is 2.13. The van der Waals surface area contributed by atoms with Crippen LogP contribution >= 0.6 is 0 Å². The van der Waals surface area contributed by atoms with Crippen LogP contribution in [0.15, 0.2) is 18.3 Å². The molecule has 1 N–H and O–H groups in total. The van der Waals surface area contributed by atoms with E-state index in [2.05, 4.69) is 16.8 Å². The van der Waals surface area contributed by atoms with Gasteiger partial charge in [-0.1, -0.05) is 19.4 Å². The van der Waals surface area contributed by atoms with Crippen LogP contribution in [0.25, 0.3) is 0 Å². The summed E-state index contributed by atoms with van der Waals surface area (Å²) in [4.78, 5) is 6.75. The molecule has 0 unspecified atom stereocenters. The highest BCUT2D eigenvalue weighted by atomic mass is 16.3. The third-order valence-corrected chi connectivity index (χ3v) is 3.76. The van der Waals surface area contributed by atoms with Gasteiger partial charge in [0.05, 0.1) is 6.10 Å². The molecule has 3 nitrogen and oxygen atoms in total. The Labute approximate surface area is 103 Å². The Morgan fingerprint density at radius 1 is 1.47 bits per heavy atom. The first-order valence-corrected chi connectivity index (χ1v) is 6.60. The van der Waals surface area contributed by atoms with Crippen LogP contribution in [0.2, 0.25) is 0 Å². The molecule has 1 aromatic rings. The van der Waals surface area contributed by atoms with Crippen LogP contribution in [-0.4, -0.2) is 23.2 Å². The van der Waals surface area contributed by atoms with Crippen molar-refractivity contribution in [3.8, 4) is 0 Å². The zero-order chi connectivity index (χ0) is 12.3. The first kappa shape index (κ1) is 12.4. The normalized spacial score (nSPS) is 19.4. The third-order valence-electron chi connectivity index (χ3n) is 3.76. The molecule has 94 valence electrons. The summed E-state index contributed by atoms with van der Waals surface area (Å²) in [6.45, 7) is 6.20. The quantitative estimate of drug-likeness (QED) is 0.873. The predicted octanol–water partition coefficient (Wildman–Crippen LogP) is 2.76. The van der Waals surface area contributed by atoms with E-state index in [-0.39, 0.29) is 0 Å². The standard InChI is InChI=1S/C14H22N2O/c1-3-12-6-9-16(10-7-12)14-13(11(2)17)5-4-8-15-14/h4-5,8,11-12,17H,3,6-7,9-10H2,1-2H3/t11-/m0/s1. The summed E-state index contributed by atoms with van der Waals surface area (Å²) < 4.78 is 0. The Hall–Kier alpha value is -1.09. The van der Waals surface area contributed by atoms with Crippen molar-refractivity contribution in [3.63, 3.8) is 0 Å². The summed E-state index contributed by atoms with van der Waals surface area (Å²) in [7, 11) is 0. The summed E-state index contributed by atoms with van der Waals surface area (Å²) in [6, 6.07) is 3.86. The molecule has 0 aromatic carbocycles. The number of hydrogen-bond donors (Lipinski definition) is 1. The van der Waals surface area contributed by atoms with Crippen molar-refractivity contribution in [2.75, 3.05) is 18.0 Å². The van der Waals surface area contributed by atoms with E-state index in [9.17, 15) is 5.11 Å². The lowest BCUT2D eigenvalue weighted by atomic mass is 9.94. The number of pyridine rings is 1. The number of aromatic nitrogens is 1. The molecular formula is C14H22N2O. The maximum Gasteiger partial charge on any atom is 0.134 e. The van der Waals surface area contributed by atoms with E-state index in [1.165, 1.54) is 19.3 Å². The molecule has 2 rings (SSSR count). The zero-order valence-corrected chi connectivity index (χ0v) is 10.8. The van der Waals surface area contributed by atoms with Gasteiger partial charge in [-0.2, -0.15) is 0 Å². The molecule has 17 heavy (non-hydrogen) atoms. The molecule has 0 aliphatic carbocycles. The maximum absolute atomic E-state index is 9.77. The van der Waals surface area contributed by atoms with E-state index in [4.69, 9.17) is 0 Å². The molecule has 0 spiro atoms. The van der Waals surface area contributed by atoms with E-state index in [0.717, 1.165) is 30.4 Å². The van der Waals surface area contributed by atoms with Gasteiger partial charge in [-0.15, -0.1) is 0 Å². The van der Waals surface area contributed by atoms with E-state index >= 15 is 0 Å². The van der Waals surface area contributed by atoms with Crippen molar-refractivity contribution >= 4 is 5.82 Å². The molecule has 0 radical (unpaired) electrons. The highest BCUT2D eigenvalue weighted by Gasteiger charge is 2.21. The fourth-order valence-electron chi connectivity index (χ4n) is 2.55. The first-order valence-electron chi connectivity index (χ1n) is 6.60. The molecule has 1 fully saturated rings. The molecule has 1 aliphatic heterocycles. The largest absolute Gasteiger partial charge is 0.389 e. The van der Waals surface area contributed by atoms with Crippen LogP contribution in [0, 0.1) is 5.92 Å². The second-order valence-corrected chi connectivity index (χ2v) is 4.93. The van der Waals surface area contributed by atoms with Crippen LogP contribution < -0.4 is 4.90 Å². The average molecular weight is 234 g/mol. The number of piperidine rings is 1. The summed E-state index contributed by atoms with van der Waals surface area (Å²) >= 11 is 0. The highest BCUT2D eigenvalue weighted by molar-refractivity contribution is 5.48. The Morgan fingerprint density at radius 3 is 2.76 bits per heavy atom. The number of aliphatic hydroxyl groups is 1. The summed E-state index contributed by atoms with van der Waals surface area (Å²) in [6.07, 6.45) is 5.13. The predicted molar refractivity (Wildman–Crippen MR) is 70.1 cm³/mol. The van der Waals surface area contributed by atoms with E-state index < -0.39 is 6.10 Å². The fraction of sp³-hybridized carbons (Fsp3) is 0.643. The van der Waals surface area contributed by atoms with Crippen molar-refractivity contribution in [2.24, 2.45) is 5.92 Å². The van der Waals surface area contributed by atoms with Crippen LogP contribution in [0.3, 0.4) is 0 Å². The van der Waals surface area contributed by atoms with Gasteiger partial charge in [-0.05, 0) is 31.7 Å². The number of rotatable bonds is 3. The lowest BCUT2D eigenvalue weighted by Gasteiger charge is -2.33. The molecule has 3 heteroatoms. The Bertz CT molecular complexity index is 357. The summed E-state index contributed by atoms with van der Waals surface area (Å²) in [5.41, 5.74) is 0.947. The summed E-state index contributed by atoms with van der Waals surface area (Å²) in [5, 5.41) is 9.77. The molecule has 0 bridgehead atoms. The van der Waals surface area contributed by atoms with E-state index in [0.29, 0.717) is 0 Å². The van der Waals surface area contributed by atoms with Crippen molar-refractivity contribution in [3.05, 3.63) is 23.9 Å². The number of hydrogen-bond acceptors (Lipinski definition) is 3. The molecule has 1 saturated heterocycles. The van der Waals surface area contributed by atoms with Gasteiger partial charge in [0.15, 0.2) is 0 Å². The van der Waals surface area contributed by atoms with Gasteiger partial charge < -0.3 is 10.0 Å². The van der Waals surface area contributed by atoms with Gasteiger partial charge in [0.2, 0.25) is 0 Å². The average Bonchev–Trinajstić information content (AvgIpc) is 2.39. The Kier molecular flexibility index (Phi) is 4.00. The van der Waals surface area contributed by atoms with Gasteiger partial charge in [-0.3, -0.25) is 0 Å². The molecule has 2 heterocycles. The third kappa shape index (κ3) is 2.78. The minimum Gasteiger partial charge on any atom is -0.389 e. The van der Waals surface area contributed by atoms with Crippen molar-refractivity contribution in [2.45, 2.75) is 39.2 Å². The second-order valence-electron chi connectivity index (χ2n) is 4.93. The Morgan fingerprint density at radius 2 is 2.18 bits per heavy atom. The molecule has 1 aliphatic rings. The topological polar surface area (TPSA) is 36.4 Å². The lowest BCUT2D eigenvalue weighted by molar-refractivity contribution is 0.199. The molecule has 1 atom stereocenters. The van der Waals surface area contributed by atoms with Crippen molar-refractivity contribution in [1.29, 1.82) is 0 Å². The maximum atomic E-state index is 9.77. The SMILES string of the molecule is CCC1CCN(c2ncccc2[C@H](C)O)CC1. The molecule has 1 aromatic heterocycles. The van der Waals surface area contributed by atoms with Gasteiger partial charge in [0, 0.05) is 24.8 Å². The smallest absolute Gasteiger partial charge is 0.134 e. The lowest BCUT2D eigenvalue weighted by Crippen LogP contribution is -2.34. The van der Waals surface area contributed by atoms with Gasteiger partial charge in [0.25, 0.3) is 0 Å². The van der Waals surface area contributed by atoms with Crippen LogP contribution in [0.1, 0.15) is 44.8 Å². The first-order chi connectivity index (χ1) is 8.22.